The van der Waals surface area contributed by atoms with Crippen LogP contribution >= 0.6 is 0 Å². The number of nitrogens with one attached hydrogen (secondary N) is 1. The van der Waals surface area contributed by atoms with Crippen molar-refractivity contribution in [3.63, 3.8) is 0 Å². The summed E-state index contributed by atoms with van der Waals surface area (Å²) in [7, 11) is 1.18. The normalized spacial score (nSPS) is 17.1. The number of imide groups is 2. The summed E-state index contributed by atoms with van der Waals surface area (Å²) < 4.78 is 0. The Morgan fingerprint density at radius 3 is 2.57 bits per heavy atom. The van der Waals surface area contributed by atoms with E-state index in [4.69, 9.17) is 0 Å². The van der Waals surface area contributed by atoms with Gasteiger partial charge in [0.2, 0.25) is 0 Å². The molecule has 1 saturated heterocycles. The zero-order valence-electron chi connectivity index (χ0n) is 10.7. The smallest absolute Gasteiger partial charge is 0.331 e. The maximum Gasteiger partial charge on any atom is 0.331 e. The lowest BCUT2D eigenvalue weighted by molar-refractivity contribution is -0.398. The first-order valence-electron chi connectivity index (χ1n) is 5.62. The van der Waals surface area contributed by atoms with Crippen LogP contribution in [0, 0.1) is 10.1 Å². The molecule has 0 bridgehead atoms. The fourth-order valence-corrected chi connectivity index (χ4v) is 1.68. The summed E-state index contributed by atoms with van der Waals surface area (Å²) >= 11 is 0. The largest absolute Gasteiger partial charge is 0.868 e. The van der Waals surface area contributed by atoms with Crippen molar-refractivity contribution in [1.29, 1.82) is 0 Å². The van der Waals surface area contributed by atoms with Crippen molar-refractivity contribution in [2.45, 2.75) is 0 Å². The van der Waals surface area contributed by atoms with Crippen molar-refractivity contribution < 1.29 is 24.4 Å². The Morgan fingerprint density at radius 1 is 1.29 bits per heavy atom. The summed E-state index contributed by atoms with van der Waals surface area (Å²) in [5.41, 5.74) is -0.898. The van der Waals surface area contributed by atoms with Crippen LogP contribution in [0.5, 0.6) is 5.75 Å². The molecule has 0 aliphatic carbocycles. The quantitative estimate of drug-likeness (QED) is 0.346. The topological polar surface area (TPSA) is 133 Å². The average Bonchev–Trinajstić information content (AvgIpc) is 2.42. The standard InChI is InChI=1S/C12H9N3O6/c1-14-11(18)7(10(17)13-12(14)19)4-6-2-3-9(16)8(5-6)15(20)21/h2-5,16H,1H3,(H,13,17,19)/p-1/b7-4-. The fraction of sp³-hybridized carbons (Fsp3) is 0.0833. The summed E-state index contributed by atoms with van der Waals surface area (Å²) in [5.74, 6) is -2.52. The Kier molecular flexibility index (Phi) is 3.40. The number of amides is 4. The lowest BCUT2D eigenvalue weighted by atomic mass is 10.1. The molecule has 9 nitrogen and oxygen atoms in total. The first kappa shape index (κ1) is 14.2. The Labute approximate surface area is 117 Å². The van der Waals surface area contributed by atoms with Crippen LogP contribution in [-0.4, -0.2) is 34.7 Å². The van der Waals surface area contributed by atoms with Gasteiger partial charge in [0.15, 0.2) is 0 Å². The molecule has 108 valence electrons. The summed E-state index contributed by atoms with van der Waals surface area (Å²) in [4.78, 5) is 45.2. The fourth-order valence-electron chi connectivity index (χ4n) is 1.68. The number of barbiturate groups is 1. The molecule has 0 unspecified atom stereocenters. The molecule has 4 amide bonds. The first-order valence-corrected chi connectivity index (χ1v) is 5.62. The number of likely N-dealkylation sites (N-methyl/N-ethyl adjacent to an activating group) is 1. The highest BCUT2D eigenvalue weighted by atomic mass is 16.6. The maximum absolute atomic E-state index is 11.8. The van der Waals surface area contributed by atoms with Crippen molar-refractivity contribution in [1.82, 2.24) is 10.2 Å². The van der Waals surface area contributed by atoms with Gasteiger partial charge in [0.1, 0.15) is 5.57 Å². The van der Waals surface area contributed by atoms with Gasteiger partial charge in [0.05, 0.1) is 4.92 Å². The van der Waals surface area contributed by atoms with Gasteiger partial charge in [-0.25, -0.2) is 4.79 Å². The van der Waals surface area contributed by atoms with Crippen molar-refractivity contribution in [2.75, 3.05) is 7.05 Å². The van der Waals surface area contributed by atoms with Crippen LogP contribution in [0.1, 0.15) is 5.56 Å². The number of carbonyl (C=O) groups excluding carboxylic acids is 3. The second-order valence-electron chi connectivity index (χ2n) is 4.17. The van der Waals surface area contributed by atoms with Crippen molar-refractivity contribution in [3.8, 4) is 5.75 Å². The Hall–Kier alpha value is -3.23. The lowest BCUT2D eigenvalue weighted by Gasteiger charge is -2.22. The average molecular weight is 290 g/mol. The van der Waals surface area contributed by atoms with E-state index in [1.807, 2.05) is 5.32 Å². The molecule has 0 saturated carbocycles. The van der Waals surface area contributed by atoms with Gasteiger partial charge < -0.3 is 5.11 Å². The van der Waals surface area contributed by atoms with E-state index in [0.29, 0.717) is 4.90 Å². The van der Waals surface area contributed by atoms with Crippen LogP contribution in [0.2, 0.25) is 0 Å². The predicted molar refractivity (Wildman–Crippen MR) is 66.8 cm³/mol. The van der Waals surface area contributed by atoms with E-state index < -0.39 is 34.2 Å². The maximum atomic E-state index is 11.8. The molecule has 0 aromatic heterocycles. The Bertz CT molecular complexity index is 709. The van der Waals surface area contributed by atoms with E-state index in [1.165, 1.54) is 13.1 Å². The van der Waals surface area contributed by atoms with Crippen LogP contribution in [0.4, 0.5) is 10.5 Å². The third kappa shape index (κ3) is 2.56. The molecule has 1 aliphatic heterocycles. The number of nitrogens with zero attached hydrogens (tertiary/aromatic N) is 2. The molecule has 1 aliphatic rings. The van der Waals surface area contributed by atoms with Gasteiger partial charge >= 0.3 is 6.03 Å². The highest BCUT2D eigenvalue weighted by molar-refractivity contribution is 6.30. The van der Waals surface area contributed by atoms with E-state index in [9.17, 15) is 29.6 Å². The molecule has 0 atom stereocenters. The minimum atomic E-state index is -0.906. The second-order valence-corrected chi connectivity index (χ2v) is 4.17. The van der Waals surface area contributed by atoms with Gasteiger partial charge in [-0.2, -0.15) is 0 Å². The SMILES string of the molecule is CN1C(=O)NC(=O)/C(=C/c2ccc([O-])c([N+](=O)[O-])c2)C1=O. The van der Waals surface area contributed by atoms with Gasteiger partial charge in [-0.05, 0) is 17.4 Å². The molecule has 1 aromatic rings. The van der Waals surface area contributed by atoms with Crippen molar-refractivity contribution in [2.24, 2.45) is 0 Å². The van der Waals surface area contributed by atoms with Gasteiger partial charge in [0, 0.05) is 13.1 Å². The van der Waals surface area contributed by atoms with Gasteiger partial charge in [-0.15, -0.1) is 0 Å². The number of hydrogen-bond donors (Lipinski definition) is 1. The van der Waals surface area contributed by atoms with Crippen LogP contribution < -0.4 is 10.4 Å². The number of nitro groups is 1. The lowest BCUT2D eigenvalue weighted by Crippen LogP contribution is -2.52. The van der Waals surface area contributed by atoms with E-state index in [1.54, 1.807) is 0 Å². The molecular formula is C12H8N3O6-. The van der Waals surface area contributed by atoms with Crippen molar-refractivity contribution >= 4 is 29.6 Å². The van der Waals surface area contributed by atoms with Crippen LogP contribution in [-0.2, 0) is 9.59 Å². The molecule has 1 N–H and O–H groups in total. The zero-order valence-corrected chi connectivity index (χ0v) is 10.7. The van der Waals surface area contributed by atoms with Gasteiger partial charge in [-0.3, -0.25) is 29.9 Å². The second kappa shape index (κ2) is 5.04. The number of hydrogen-bond acceptors (Lipinski definition) is 6. The summed E-state index contributed by atoms with van der Waals surface area (Å²) in [6, 6.07) is 2.29. The number of rotatable bonds is 2. The summed E-state index contributed by atoms with van der Waals surface area (Å²) in [6.45, 7) is 0. The van der Waals surface area contributed by atoms with E-state index >= 15 is 0 Å². The van der Waals surface area contributed by atoms with E-state index in [-0.39, 0.29) is 11.1 Å². The molecule has 0 radical (unpaired) electrons. The molecule has 1 fully saturated rings. The number of carbonyl (C=O) groups is 3. The number of urea groups is 1. The summed E-state index contributed by atoms with van der Waals surface area (Å²) in [6.07, 6.45) is 1.08. The number of nitro benzene ring substituents is 1. The van der Waals surface area contributed by atoms with E-state index in [2.05, 4.69) is 0 Å². The highest BCUT2D eigenvalue weighted by Crippen LogP contribution is 2.25. The van der Waals surface area contributed by atoms with E-state index in [0.717, 1.165) is 18.2 Å². The van der Waals surface area contributed by atoms with Gasteiger partial charge in [0.25, 0.3) is 17.5 Å². The minimum Gasteiger partial charge on any atom is -0.868 e. The van der Waals surface area contributed by atoms with Crippen LogP contribution in [0.3, 0.4) is 0 Å². The minimum absolute atomic E-state index is 0.127. The Balaban J connectivity index is 2.46. The van der Waals surface area contributed by atoms with Crippen LogP contribution in [0.25, 0.3) is 6.08 Å². The molecule has 1 aromatic carbocycles. The molecule has 0 spiro atoms. The summed E-state index contributed by atoms with van der Waals surface area (Å²) in [5, 5.41) is 23.9. The zero-order chi connectivity index (χ0) is 15.7. The van der Waals surface area contributed by atoms with Crippen molar-refractivity contribution in [3.05, 3.63) is 39.4 Å². The first-order chi connectivity index (χ1) is 9.81. The predicted octanol–water partition coefficient (Wildman–Crippen LogP) is -0.240. The van der Waals surface area contributed by atoms with Gasteiger partial charge in [-0.1, -0.05) is 12.1 Å². The highest BCUT2D eigenvalue weighted by Gasteiger charge is 2.33. The van der Waals surface area contributed by atoms with Crippen LogP contribution in [0.15, 0.2) is 23.8 Å². The third-order valence-corrected chi connectivity index (χ3v) is 2.80. The third-order valence-electron chi connectivity index (χ3n) is 2.80. The monoisotopic (exact) mass is 290 g/mol. The molecular weight excluding hydrogens is 282 g/mol. The Morgan fingerprint density at radius 2 is 1.95 bits per heavy atom. The number of benzene rings is 1. The molecule has 1 heterocycles. The molecule has 21 heavy (non-hydrogen) atoms. The molecule has 2 rings (SSSR count). The molecule has 9 heteroatoms.